The number of hydrogen-bond donors (Lipinski definition) is 1. The highest BCUT2D eigenvalue weighted by molar-refractivity contribution is 5.80. The first-order valence-electron chi connectivity index (χ1n) is 7.98. The molecule has 1 aromatic heterocycles. The Labute approximate surface area is 141 Å². The molecule has 0 spiro atoms. The number of nitrogens with one attached hydrogen (secondary N) is 1. The lowest BCUT2D eigenvalue weighted by atomic mass is 9.93. The van der Waals surface area contributed by atoms with E-state index in [1.807, 2.05) is 52.9 Å². The number of hydrogen-bond acceptors (Lipinski definition) is 4. The zero-order valence-electron chi connectivity index (χ0n) is 14.8. The highest BCUT2D eigenvalue weighted by Gasteiger charge is 2.26. The number of ether oxygens (including phenoxy) is 2. The normalized spacial score (nSPS) is 13.2. The molecular formula is C18H23N3O3. The minimum absolute atomic E-state index is 0.0307. The molecule has 2 heterocycles. The Morgan fingerprint density at radius 3 is 2.67 bits per heavy atom. The zero-order valence-corrected chi connectivity index (χ0v) is 14.8. The van der Waals surface area contributed by atoms with Crippen LogP contribution in [0.2, 0.25) is 0 Å². The van der Waals surface area contributed by atoms with Crippen LogP contribution in [0.15, 0.2) is 18.2 Å². The predicted molar refractivity (Wildman–Crippen MR) is 90.1 cm³/mol. The lowest BCUT2D eigenvalue weighted by Crippen LogP contribution is -2.41. The first kappa shape index (κ1) is 16.4. The number of fused-ring (bicyclic) bond motifs is 1. The highest BCUT2D eigenvalue weighted by Crippen LogP contribution is 2.35. The lowest BCUT2D eigenvalue weighted by molar-refractivity contribution is -0.122. The molecule has 1 aliphatic heterocycles. The van der Waals surface area contributed by atoms with E-state index in [0.717, 1.165) is 28.3 Å². The Balaban J connectivity index is 1.75. The second kappa shape index (κ2) is 5.85. The molecule has 0 saturated heterocycles. The van der Waals surface area contributed by atoms with Crippen LogP contribution in [-0.4, -0.2) is 22.5 Å². The van der Waals surface area contributed by atoms with Gasteiger partial charge in [-0.1, -0.05) is 6.07 Å². The molecule has 0 bridgehead atoms. The topological polar surface area (TPSA) is 65.4 Å². The van der Waals surface area contributed by atoms with Gasteiger partial charge in [0.2, 0.25) is 12.7 Å². The molecule has 1 aromatic carbocycles. The van der Waals surface area contributed by atoms with Gasteiger partial charge in [-0.3, -0.25) is 9.48 Å². The summed E-state index contributed by atoms with van der Waals surface area (Å²) < 4.78 is 12.6. The molecule has 0 radical (unpaired) electrons. The van der Waals surface area contributed by atoms with Gasteiger partial charge in [0, 0.05) is 18.3 Å². The Hall–Kier alpha value is -2.50. The average Bonchev–Trinajstić information content (AvgIpc) is 3.06. The van der Waals surface area contributed by atoms with Gasteiger partial charge < -0.3 is 14.8 Å². The molecule has 0 aliphatic carbocycles. The van der Waals surface area contributed by atoms with Gasteiger partial charge in [0.1, 0.15) is 0 Å². The van der Waals surface area contributed by atoms with Crippen LogP contribution in [0, 0.1) is 13.8 Å². The van der Waals surface area contributed by atoms with Crippen molar-refractivity contribution >= 4 is 5.91 Å². The molecule has 1 aliphatic rings. The van der Waals surface area contributed by atoms with E-state index in [0.29, 0.717) is 12.2 Å². The molecule has 6 heteroatoms. The first-order chi connectivity index (χ1) is 11.3. The summed E-state index contributed by atoms with van der Waals surface area (Å²) in [4.78, 5) is 12.5. The Kier molecular flexibility index (Phi) is 3.99. The number of rotatable bonds is 4. The van der Waals surface area contributed by atoms with Crippen molar-refractivity contribution in [2.24, 2.45) is 7.05 Å². The fraction of sp³-hybridized carbons (Fsp3) is 0.444. The van der Waals surface area contributed by atoms with E-state index in [1.165, 1.54) is 0 Å². The van der Waals surface area contributed by atoms with Crippen molar-refractivity contribution in [3.63, 3.8) is 0 Å². The average molecular weight is 329 g/mol. The molecule has 24 heavy (non-hydrogen) atoms. The van der Waals surface area contributed by atoms with Crippen LogP contribution < -0.4 is 14.8 Å². The summed E-state index contributed by atoms with van der Waals surface area (Å²) in [5.41, 5.74) is 3.35. The van der Waals surface area contributed by atoms with Crippen LogP contribution in [-0.2, 0) is 23.8 Å². The van der Waals surface area contributed by atoms with Crippen molar-refractivity contribution in [3.8, 4) is 11.5 Å². The van der Waals surface area contributed by atoms with Crippen molar-refractivity contribution in [1.82, 2.24) is 15.1 Å². The van der Waals surface area contributed by atoms with Gasteiger partial charge in [0.05, 0.1) is 17.7 Å². The summed E-state index contributed by atoms with van der Waals surface area (Å²) in [6.07, 6.45) is 0.319. The molecular weight excluding hydrogens is 306 g/mol. The number of aryl methyl sites for hydroxylation is 2. The van der Waals surface area contributed by atoms with Crippen molar-refractivity contribution in [3.05, 3.63) is 40.7 Å². The third kappa shape index (κ3) is 2.96. The summed E-state index contributed by atoms with van der Waals surface area (Å²) in [5, 5.41) is 7.47. The quantitative estimate of drug-likeness (QED) is 0.935. The molecule has 3 rings (SSSR count). The monoisotopic (exact) mass is 329 g/mol. The van der Waals surface area contributed by atoms with Gasteiger partial charge in [-0.05, 0) is 45.4 Å². The third-order valence-corrected chi connectivity index (χ3v) is 4.54. The van der Waals surface area contributed by atoms with Crippen molar-refractivity contribution in [2.75, 3.05) is 6.79 Å². The van der Waals surface area contributed by atoms with Crippen LogP contribution in [0.1, 0.15) is 36.4 Å². The molecule has 2 aromatic rings. The fourth-order valence-electron chi connectivity index (χ4n) is 2.98. The van der Waals surface area contributed by atoms with Crippen LogP contribution in [0.5, 0.6) is 11.5 Å². The van der Waals surface area contributed by atoms with E-state index < -0.39 is 5.54 Å². The van der Waals surface area contributed by atoms with Crippen LogP contribution >= 0.6 is 0 Å². The molecule has 0 fully saturated rings. The third-order valence-electron chi connectivity index (χ3n) is 4.54. The number of benzene rings is 1. The summed E-state index contributed by atoms with van der Waals surface area (Å²) in [5.74, 6) is 1.42. The molecule has 0 unspecified atom stereocenters. The van der Waals surface area contributed by atoms with Gasteiger partial charge in [0.25, 0.3) is 0 Å². The minimum atomic E-state index is -0.512. The maximum atomic E-state index is 12.5. The molecule has 6 nitrogen and oxygen atoms in total. The number of amides is 1. The van der Waals surface area contributed by atoms with Crippen molar-refractivity contribution in [1.29, 1.82) is 0 Å². The second-order valence-electron chi connectivity index (χ2n) is 6.69. The number of nitrogens with zero attached hydrogens (tertiary/aromatic N) is 2. The van der Waals surface area contributed by atoms with Gasteiger partial charge >= 0.3 is 0 Å². The second-order valence-corrected chi connectivity index (χ2v) is 6.69. The lowest BCUT2D eigenvalue weighted by Gasteiger charge is -2.27. The maximum absolute atomic E-state index is 12.5. The van der Waals surface area contributed by atoms with Gasteiger partial charge in [-0.15, -0.1) is 0 Å². The largest absolute Gasteiger partial charge is 0.454 e. The summed E-state index contributed by atoms with van der Waals surface area (Å²) in [6, 6.07) is 5.75. The smallest absolute Gasteiger partial charge is 0.231 e. The number of carbonyl (C=O) groups is 1. The fourth-order valence-corrected chi connectivity index (χ4v) is 2.98. The maximum Gasteiger partial charge on any atom is 0.231 e. The summed E-state index contributed by atoms with van der Waals surface area (Å²) in [6.45, 7) is 8.10. The summed E-state index contributed by atoms with van der Waals surface area (Å²) in [7, 11) is 1.89. The first-order valence-corrected chi connectivity index (χ1v) is 7.98. The SMILES string of the molecule is Cc1nn(C)c(C)c1CC(=O)NC(C)(C)c1ccc2c(c1)OCO2. The van der Waals surface area contributed by atoms with Crippen molar-refractivity contribution in [2.45, 2.75) is 39.7 Å². The molecule has 0 saturated carbocycles. The van der Waals surface area contributed by atoms with Crippen LogP contribution in [0.3, 0.4) is 0 Å². The molecule has 0 atom stereocenters. The Bertz CT molecular complexity index is 793. The van der Waals surface area contributed by atoms with Crippen LogP contribution in [0.25, 0.3) is 0 Å². The molecule has 128 valence electrons. The molecule has 1 amide bonds. The van der Waals surface area contributed by atoms with E-state index >= 15 is 0 Å². The van der Waals surface area contributed by atoms with E-state index in [4.69, 9.17) is 9.47 Å². The zero-order chi connectivity index (χ0) is 17.5. The number of aromatic nitrogens is 2. The minimum Gasteiger partial charge on any atom is -0.454 e. The van der Waals surface area contributed by atoms with E-state index in [2.05, 4.69) is 10.4 Å². The van der Waals surface area contributed by atoms with E-state index in [-0.39, 0.29) is 12.7 Å². The Morgan fingerprint density at radius 2 is 2.00 bits per heavy atom. The van der Waals surface area contributed by atoms with Crippen molar-refractivity contribution < 1.29 is 14.3 Å². The standard InChI is InChI=1S/C18H23N3O3/c1-11-14(12(2)21(5)20-11)9-17(22)19-18(3,4)13-6-7-15-16(8-13)24-10-23-15/h6-8H,9-10H2,1-5H3,(H,19,22). The van der Waals surface area contributed by atoms with E-state index in [1.54, 1.807) is 4.68 Å². The van der Waals surface area contributed by atoms with Crippen LogP contribution in [0.4, 0.5) is 0 Å². The Morgan fingerprint density at radius 1 is 1.29 bits per heavy atom. The van der Waals surface area contributed by atoms with Gasteiger partial charge in [-0.25, -0.2) is 0 Å². The molecule has 1 N–H and O–H groups in total. The highest BCUT2D eigenvalue weighted by atomic mass is 16.7. The van der Waals surface area contributed by atoms with Gasteiger partial charge in [0.15, 0.2) is 11.5 Å². The van der Waals surface area contributed by atoms with E-state index in [9.17, 15) is 4.79 Å². The predicted octanol–water partition coefficient (Wildman–Crippen LogP) is 2.36. The number of carbonyl (C=O) groups excluding carboxylic acids is 1. The summed E-state index contributed by atoms with van der Waals surface area (Å²) >= 11 is 0. The van der Waals surface area contributed by atoms with Gasteiger partial charge in [-0.2, -0.15) is 5.10 Å².